The van der Waals surface area contributed by atoms with Crippen LogP contribution >= 0.6 is 0 Å². The largest absolute Gasteiger partial charge is 0.356 e. The molecule has 0 spiro atoms. The first-order valence-corrected chi connectivity index (χ1v) is 17.2. The van der Waals surface area contributed by atoms with Crippen LogP contribution in [0.3, 0.4) is 0 Å². The van der Waals surface area contributed by atoms with Crippen molar-refractivity contribution in [1.82, 2.24) is 25.0 Å². The number of H-pyrrole nitrogens is 1. The number of piperidine rings is 2. The Morgan fingerprint density at radius 2 is 1.64 bits per heavy atom. The number of amides is 2. The number of urea groups is 1. The quantitative estimate of drug-likeness (QED) is 0.278. The van der Waals surface area contributed by atoms with Gasteiger partial charge >= 0.3 is 6.03 Å². The molecule has 3 fully saturated rings. The molecule has 3 saturated heterocycles. The maximum Gasteiger partial charge on any atom is 0.320 e. The normalized spacial score (nSPS) is 22.4. The first-order chi connectivity index (χ1) is 21.7. The molecule has 0 radical (unpaired) electrons. The highest BCUT2D eigenvalue weighted by Gasteiger charge is 2.45. The van der Waals surface area contributed by atoms with Gasteiger partial charge in [-0.05, 0) is 86.3 Å². The van der Waals surface area contributed by atoms with Gasteiger partial charge in [0, 0.05) is 37.1 Å². The minimum atomic E-state index is -1.46. The van der Waals surface area contributed by atoms with Gasteiger partial charge in [-0.1, -0.05) is 87.9 Å². The zero-order valence-corrected chi connectivity index (χ0v) is 27.5. The monoisotopic (exact) mass is 613 g/mol. The van der Waals surface area contributed by atoms with Crippen LogP contribution in [0.2, 0.25) is 0 Å². The third-order valence-electron chi connectivity index (χ3n) is 10.2. The van der Waals surface area contributed by atoms with Crippen LogP contribution in [0, 0.1) is 5.41 Å². The Balaban J connectivity index is 1.36. The predicted molar refractivity (Wildman–Crippen MR) is 181 cm³/mol. The van der Waals surface area contributed by atoms with Gasteiger partial charge in [-0.25, -0.2) is 9.18 Å². The second-order valence-electron chi connectivity index (χ2n) is 14.7. The molecule has 2 aromatic carbocycles. The number of hydrogen-bond donors (Lipinski definition) is 2. The lowest BCUT2D eigenvalue weighted by Gasteiger charge is -2.46. The summed E-state index contributed by atoms with van der Waals surface area (Å²) >= 11 is 0. The molecule has 0 bridgehead atoms. The summed E-state index contributed by atoms with van der Waals surface area (Å²) in [6.07, 6.45) is 7.01. The van der Waals surface area contributed by atoms with Gasteiger partial charge in [-0.3, -0.25) is 0 Å². The average molecular weight is 614 g/mol. The molecule has 45 heavy (non-hydrogen) atoms. The van der Waals surface area contributed by atoms with E-state index in [1.54, 1.807) is 0 Å². The van der Waals surface area contributed by atoms with Crippen molar-refractivity contribution in [2.75, 3.05) is 45.8 Å². The van der Waals surface area contributed by atoms with Gasteiger partial charge in [0.1, 0.15) is 5.67 Å². The SMILES string of the molecule is CC(C)(C)[C@H](c1[nH]c(-c2ccccc2)cc1Cc1ccccc1)N(C[C@@]1(F)CCNC1)C(=O)N1CCC(N2CCCCC2)CC1. The van der Waals surface area contributed by atoms with Gasteiger partial charge in [0.05, 0.1) is 12.6 Å². The van der Waals surface area contributed by atoms with Crippen LogP contribution in [0.5, 0.6) is 0 Å². The standard InChI is InChI=1S/C38H52FN5O/c1-37(2,3)35(34-31(25-29-13-7-4-8-14-29)26-33(41-34)30-15-9-5-10-16-30)44(28-38(39)19-20-40-27-38)36(45)43-23-17-32(18-24-43)42-21-11-6-12-22-42/h4-5,7-10,13-16,26,32,35,40-41H,6,11-12,17-25,27-28H2,1-3H3/t35-,38+/m0/s1. The van der Waals surface area contributed by atoms with Crippen molar-refractivity contribution >= 4 is 6.03 Å². The predicted octanol–water partition coefficient (Wildman–Crippen LogP) is 7.43. The van der Waals surface area contributed by atoms with Crippen molar-refractivity contribution in [3.05, 3.63) is 83.6 Å². The fraction of sp³-hybridized carbons (Fsp3) is 0.553. The number of halogens is 1. The molecule has 0 unspecified atom stereocenters. The van der Waals surface area contributed by atoms with Crippen LogP contribution < -0.4 is 5.32 Å². The molecule has 242 valence electrons. The van der Waals surface area contributed by atoms with Crippen molar-refractivity contribution in [2.45, 2.75) is 83.5 Å². The van der Waals surface area contributed by atoms with Gasteiger partial charge in [-0.15, -0.1) is 0 Å². The molecule has 6 nitrogen and oxygen atoms in total. The average Bonchev–Trinajstić information content (AvgIpc) is 3.67. The van der Waals surface area contributed by atoms with Crippen LogP contribution in [-0.2, 0) is 6.42 Å². The third kappa shape index (κ3) is 7.47. The zero-order chi connectivity index (χ0) is 31.4. The third-order valence-corrected chi connectivity index (χ3v) is 10.2. The van der Waals surface area contributed by atoms with Crippen molar-refractivity contribution in [2.24, 2.45) is 5.41 Å². The van der Waals surface area contributed by atoms with E-state index in [1.807, 2.05) is 21.9 Å². The molecule has 4 heterocycles. The van der Waals surface area contributed by atoms with E-state index >= 15 is 4.39 Å². The Kier molecular flexibility index (Phi) is 9.67. The lowest BCUT2D eigenvalue weighted by Crippen LogP contribution is -2.56. The highest BCUT2D eigenvalue weighted by molar-refractivity contribution is 5.76. The van der Waals surface area contributed by atoms with Crippen molar-refractivity contribution in [1.29, 1.82) is 0 Å². The summed E-state index contributed by atoms with van der Waals surface area (Å²) in [7, 11) is 0. The number of hydrogen-bond acceptors (Lipinski definition) is 3. The van der Waals surface area contributed by atoms with Gasteiger partial charge < -0.3 is 25.0 Å². The summed E-state index contributed by atoms with van der Waals surface area (Å²) in [4.78, 5) is 25.1. The first-order valence-electron chi connectivity index (χ1n) is 17.2. The molecule has 0 saturated carbocycles. The second kappa shape index (κ2) is 13.7. The Hall–Kier alpha value is -3.16. The van der Waals surface area contributed by atoms with E-state index < -0.39 is 5.67 Å². The lowest BCUT2D eigenvalue weighted by molar-refractivity contribution is 0.0333. The van der Waals surface area contributed by atoms with E-state index in [0.29, 0.717) is 19.0 Å². The first kappa shape index (κ1) is 31.8. The molecule has 3 aromatic rings. The maximum absolute atomic E-state index is 16.5. The van der Waals surface area contributed by atoms with Crippen LogP contribution in [0.15, 0.2) is 66.7 Å². The number of aromatic nitrogens is 1. The summed E-state index contributed by atoms with van der Waals surface area (Å²) < 4.78 is 16.5. The summed E-state index contributed by atoms with van der Waals surface area (Å²) in [6, 6.07) is 23.3. The maximum atomic E-state index is 16.5. The van der Waals surface area contributed by atoms with Crippen molar-refractivity contribution in [3.8, 4) is 11.3 Å². The van der Waals surface area contributed by atoms with Crippen LogP contribution in [0.25, 0.3) is 11.3 Å². The number of likely N-dealkylation sites (tertiary alicyclic amines) is 2. The molecule has 3 aliphatic heterocycles. The molecule has 2 atom stereocenters. The summed E-state index contributed by atoms with van der Waals surface area (Å²) in [5.74, 6) is 0. The number of benzene rings is 2. The summed E-state index contributed by atoms with van der Waals surface area (Å²) in [6.45, 7) is 11.4. The molecule has 0 aliphatic carbocycles. The van der Waals surface area contributed by atoms with Crippen molar-refractivity contribution in [3.63, 3.8) is 0 Å². The van der Waals surface area contributed by atoms with E-state index in [1.165, 1.54) is 37.9 Å². The van der Waals surface area contributed by atoms with Gasteiger partial charge in [0.2, 0.25) is 0 Å². The van der Waals surface area contributed by atoms with E-state index in [9.17, 15) is 4.79 Å². The van der Waals surface area contributed by atoms with Crippen LogP contribution in [0.1, 0.15) is 82.2 Å². The molecular formula is C38H52FN5O. The number of carbonyl (C=O) groups is 1. The van der Waals surface area contributed by atoms with Crippen molar-refractivity contribution < 1.29 is 9.18 Å². The summed E-state index contributed by atoms with van der Waals surface area (Å²) in [5, 5.41) is 3.23. The zero-order valence-electron chi connectivity index (χ0n) is 27.5. The number of nitrogens with zero attached hydrogens (tertiary/aromatic N) is 3. The molecule has 1 aromatic heterocycles. The molecule has 6 rings (SSSR count). The molecule has 2 N–H and O–H groups in total. The fourth-order valence-corrected chi connectivity index (χ4v) is 7.86. The Morgan fingerprint density at radius 1 is 0.978 bits per heavy atom. The van der Waals surface area contributed by atoms with Crippen LogP contribution in [0.4, 0.5) is 9.18 Å². The minimum absolute atomic E-state index is 0.0301. The molecule has 2 amide bonds. The highest BCUT2D eigenvalue weighted by Crippen LogP contribution is 2.43. The Labute approximate surface area is 269 Å². The lowest BCUT2D eigenvalue weighted by atomic mass is 9.81. The fourth-order valence-electron chi connectivity index (χ4n) is 7.86. The highest BCUT2D eigenvalue weighted by atomic mass is 19.1. The molecule has 3 aliphatic rings. The second-order valence-corrected chi connectivity index (χ2v) is 14.7. The number of aromatic amines is 1. The van der Waals surface area contributed by atoms with E-state index in [2.05, 4.69) is 90.6 Å². The van der Waals surface area contributed by atoms with E-state index in [-0.39, 0.29) is 30.6 Å². The van der Waals surface area contributed by atoms with Crippen LogP contribution in [-0.4, -0.2) is 83.2 Å². The number of rotatable bonds is 8. The molecular weight excluding hydrogens is 561 g/mol. The summed E-state index contributed by atoms with van der Waals surface area (Å²) in [5.41, 5.74) is 3.69. The Bertz CT molecular complexity index is 1380. The van der Waals surface area contributed by atoms with E-state index in [0.717, 1.165) is 54.9 Å². The number of alkyl halides is 1. The van der Waals surface area contributed by atoms with Gasteiger partial charge in [-0.2, -0.15) is 0 Å². The van der Waals surface area contributed by atoms with Gasteiger partial charge in [0.15, 0.2) is 0 Å². The van der Waals surface area contributed by atoms with Gasteiger partial charge in [0.25, 0.3) is 0 Å². The van der Waals surface area contributed by atoms with E-state index in [4.69, 9.17) is 0 Å². The molecule has 7 heteroatoms. The topological polar surface area (TPSA) is 54.6 Å². The smallest absolute Gasteiger partial charge is 0.320 e. The minimum Gasteiger partial charge on any atom is -0.356 e. The number of carbonyl (C=O) groups excluding carboxylic acids is 1. The number of nitrogens with one attached hydrogen (secondary N) is 2. The Morgan fingerprint density at radius 3 is 2.27 bits per heavy atom.